The maximum absolute atomic E-state index is 10.3. The Hall–Kier alpha value is -2.20. The van der Waals surface area contributed by atoms with Crippen molar-refractivity contribution in [2.75, 3.05) is 13.3 Å². The molecule has 0 saturated carbocycles. The molecule has 0 spiro atoms. The monoisotopic (exact) mass is 281 g/mol. The summed E-state index contributed by atoms with van der Waals surface area (Å²) in [6.07, 6.45) is 8.46. The van der Waals surface area contributed by atoms with Crippen LogP contribution in [0.1, 0.15) is 12.0 Å². The van der Waals surface area contributed by atoms with Crippen molar-refractivity contribution in [1.82, 2.24) is 5.32 Å². The fourth-order valence-corrected chi connectivity index (χ4v) is 3.80. The first-order valence-corrected chi connectivity index (χ1v) is 7.29. The predicted octanol–water partition coefficient (Wildman–Crippen LogP) is 0.241. The zero-order valence-corrected chi connectivity index (χ0v) is 11.4. The summed E-state index contributed by atoms with van der Waals surface area (Å²) in [6, 6.07) is 2.07. The topological polar surface area (TPSA) is 50.7 Å². The minimum atomic E-state index is -0.444. The fourth-order valence-electron chi connectivity index (χ4n) is 3.80. The lowest BCUT2D eigenvalue weighted by Gasteiger charge is -2.33. The van der Waals surface area contributed by atoms with Crippen LogP contribution in [0.4, 0.5) is 0 Å². The molecule has 0 fully saturated rings. The van der Waals surface area contributed by atoms with Crippen LogP contribution in [0.2, 0.25) is 0 Å². The van der Waals surface area contributed by atoms with Crippen LogP contribution in [0.15, 0.2) is 24.3 Å². The minimum absolute atomic E-state index is 0.0895. The molecule has 0 saturated heterocycles. The van der Waals surface area contributed by atoms with E-state index in [1.807, 2.05) is 12.2 Å². The SMILES string of the molecule is OC1C=CC=C2c3c4c(cc5c3=C(CC21)NCC=5)OCO4. The van der Waals surface area contributed by atoms with Gasteiger partial charge in [-0.15, -0.1) is 0 Å². The molecule has 2 aliphatic heterocycles. The highest BCUT2D eigenvalue weighted by Gasteiger charge is 2.35. The van der Waals surface area contributed by atoms with Crippen molar-refractivity contribution in [3.8, 4) is 11.5 Å². The van der Waals surface area contributed by atoms with Crippen molar-refractivity contribution in [2.24, 2.45) is 5.92 Å². The summed E-state index contributed by atoms with van der Waals surface area (Å²) in [5.41, 5.74) is 3.46. The van der Waals surface area contributed by atoms with Gasteiger partial charge in [0.2, 0.25) is 6.79 Å². The van der Waals surface area contributed by atoms with E-state index in [4.69, 9.17) is 9.47 Å². The summed E-state index contributed by atoms with van der Waals surface area (Å²) in [5, 5.41) is 16.2. The molecule has 0 aromatic heterocycles. The zero-order valence-electron chi connectivity index (χ0n) is 11.4. The second kappa shape index (κ2) is 3.92. The van der Waals surface area contributed by atoms with E-state index in [0.717, 1.165) is 35.6 Å². The van der Waals surface area contributed by atoms with Crippen molar-refractivity contribution >= 4 is 17.3 Å². The molecule has 0 radical (unpaired) electrons. The van der Waals surface area contributed by atoms with Gasteiger partial charge < -0.3 is 19.9 Å². The third-order valence-corrected chi connectivity index (χ3v) is 4.74. The Morgan fingerprint density at radius 3 is 3.19 bits per heavy atom. The number of ether oxygens (including phenoxy) is 2. The van der Waals surface area contributed by atoms with E-state index in [-0.39, 0.29) is 12.7 Å². The molecule has 1 aromatic rings. The second-order valence-corrected chi connectivity index (χ2v) is 5.82. The van der Waals surface area contributed by atoms with Crippen LogP contribution in [0.3, 0.4) is 0 Å². The second-order valence-electron chi connectivity index (χ2n) is 5.82. The van der Waals surface area contributed by atoms with Crippen LogP contribution in [0.25, 0.3) is 17.3 Å². The molecule has 106 valence electrons. The van der Waals surface area contributed by atoms with Crippen molar-refractivity contribution < 1.29 is 14.6 Å². The average molecular weight is 281 g/mol. The van der Waals surface area contributed by atoms with Gasteiger partial charge >= 0.3 is 0 Å². The number of fused-ring (bicyclic) bond motifs is 4. The largest absolute Gasteiger partial charge is 0.454 e. The van der Waals surface area contributed by atoms with Gasteiger partial charge in [-0.25, -0.2) is 0 Å². The van der Waals surface area contributed by atoms with Crippen LogP contribution in [0, 0.1) is 5.92 Å². The van der Waals surface area contributed by atoms with Gasteiger partial charge in [0.15, 0.2) is 11.5 Å². The molecule has 0 bridgehead atoms. The first kappa shape index (κ1) is 11.5. The van der Waals surface area contributed by atoms with Gasteiger partial charge in [-0.05, 0) is 23.3 Å². The summed E-state index contributed by atoms with van der Waals surface area (Å²) >= 11 is 0. The maximum Gasteiger partial charge on any atom is 0.231 e. The van der Waals surface area contributed by atoms with Crippen LogP contribution in [-0.4, -0.2) is 24.5 Å². The normalized spacial score (nSPS) is 27.3. The third-order valence-electron chi connectivity index (χ3n) is 4.74. The standard InChI is InChI=1S/C17H15NO3/c19-13-3-1-2-10-11(13)7-12-15-9(4-5-18-12)6-14-17(16(10)15)21-8-20-14/h1-4,6,11,13,18-19H,5,7-8H2. The lowest BCUT2D eigenvalue weighted by Crippen LogP contribution is -2.45. The molecule has 4 heteroatoms. The Balaban J connectivity index is 1.93. The Kier molecular flexibility index (Phi) is 2.14. The Morgan fingerprint density at radius 2 is 2.24 bits per heavy atom. The molecule has 4 nitrogen and oxygen atoms in total. The lowest BCUT2D eigenvalue weighted by atomic mass is 9.76. The van der Waals surface area contributed by atoms with E-state index < -0.39 is 6.10 Å². The number of hydrogen-bond donors (Lipinski definition) is 2. The number of aliphatic hydroxyl groups excluding tert-OH is 1. The van der Waals surface area contributed by atoms with Gasteiger partial charge in [-0.1, -0.05) is 24.3 Å². The Bertz CT molecular complexity index is 835. The van der Waals surface area contributed by atoms with Crippen LogP contribution >= 0.6 is 0 Å². The summed E-state index contributed by atoms with van der Waals surface area (Å²) in [7, 11) is 0. The van der Waals surface area contributed by atoms with Gasteiger partial charge in [0.1, 0.15) is 0 Å². The Labute approximate surface area is 121 Å². The molecule has 1 aromatic carbocycles. The molecular formula is C17H15NO3. The highest BCUT2D eigenvalue weighted by molar-refractivity contribution is 5.83. The Morgan fingerprint density at radius 1 is 1.29 bits per heavy atom. The van der Waals surface area contributed by atoms with Crippen molar-refractivity contribution in [1.29, 1.82) is 0 Å². The van der Waals surface area contributed by atoms with Gasteiger partial charge in [-0.3, -0.25) is 0 Å². The van der Waals surface area contributed by atoms with E-state index in [0.29, 0.717) is 0 Å². The van der Waals surface area contributed by atoms with E-state index in [9.17, 15) is 5.11 Å². The third kappa shape index (κ3) is 1.43. The summed E-state index contributed by atoms with van der Waals surface area (Å²) in [4.78, 5) is 0. The first-order chi connectivity index (χ1) is 10.3. The number of aliphatic hydroxyl groups is 1. The van der Waals surface area contributed by atoms with Gasteiger partial charge in [0.25, 0.3) is 0 Å². The number of benzene rings is 1. The number of rotatable bonds is 0. The van der Waals surface area contributed by atoms with Crippen LogP contribution in [0.5, 0.6) is 11.5 Å². The average Bonchev–Trinajstić information content (AvgIpc) is 2.96. The smallest absolute Gasteiger partial charge is 0.231 e. The van der Waals surface area contributed by atoms with Crippen LogP contribution in [-0.2, 0) is 0 Å². The van der Waals surface area contributed by atoms with Crippen molar-refractivity contribution in [3.05, 3.63) is 40.3 Å². The predicted molar refractivity (Wildman–Crippen MR) is 78.9 cm³/mol. The van der Waals surface area contributed by atoms with Gasteiger partial charge in [0.05, 0.1) is 6.10 Å². The molecule has 21 heavy (non-hydrogen) atoms. The zero-order chi connectivity index (χ0) is 14.0. The molecule has 2 N–H and O–H groups in total. The molecule has 2 aliphatic carbocycles. The number of nitrogens with one attached hydrogen (secondary N) is 1. The lowest BCUT2D eigenvalue weighted by molar-refractivity contribution is 0.172. The van der Waals surface area contributed by atoms with E-state index >= 15 is 0 Å². The van der Waals surface area contributed by atoms with Crippen molar-refractivity contribution in [2.45, 2.75) is 12.5 Å². The van der Waals surface area contributed by atoms with Crippen molar-refractivity contribution in [3.63, 3.8) is 0 Å². The van der Waals surface area contributed by atoms with E-state index in [2.05, 4.69) is 23.5 Å². The fraction of sp³-hybridized carbons (Fsp3) is 0.294. The molecule has 2 heterocycles. The highest BCUT2D eigenvalue weighted by Crippen LogP contribution is 2.44. The molecule has 2 unspecified atom stereocenters. The molecule has 5 rings (SSSR count). The van der Waals surface area contributed by atoms with E-state index in [1.165, 1.54) is 16.1 Å². The highest BCUT2D eigenvalue weighted by atomic mass is 16.7. The number of allylic oxidation sites excluding steroid dienone is 2. The van der Waals surface area contributed by atoms with Crippen LogP contribution < -0.4 is 25.2 Å². The summed E-state index contributed by atoms with van der Waals surface area (Å²) in [6.45, 7) is 1.09. The molecule has 2 atom stereocenters. The molecular weight excluding hydrogens is 266 g/mol. The molecule has 4 aliphatic rings. The molecule has 0 amide bonds. The minimum Gasteiger partial charge on any atom is -0.454 e. The number of hydrogen-bond acceptors (Lipinski definition) is 4. The van der Waals surface area contributed by atoms with Gasteiger partial charge in [0, 0.05) is 28.9 Å². The van der Waals surface area contributed by atoms with Gasteiger partial charge in [-0.2, -0.15) is 0 Å². The quantitative estimate of drug-likeness (QED) is 0.715. The van der Waals surface area contributed by atoms with E-state index in [1.54, 1.807) is 0 Å². The maximum atomic E-state index is 10.3. The summed E-state index contributed by atoms with van der Waals surface area (Å²) in [5.74, 6) is 1.72. The summed E-state index contributed by atoms with van der Waals surface area (Å²) < 4.78 is 11.3. The first-order valence-electron chi connectivity index (χ1n) is 7.29.